The Balaban J connectivity index is 2.03. The van der Waals surface area contributed by atoms with Gasteiger partial charge in [0.2, 0.25) is 5.91 Å². The number of carbonyl (C=O) groups is 2. The average molecular weight is 303 g/mol. The lowest BCUT2D eigenvalue weighted by molar-refractivity contribution is -0.114. The number of carboxylic acids is 1. The Morgan fingerprint density at radius 3 is 2.62 bits per heavy atom. The van der Waals surface area contributed by atoms with Gasteiger partial charge in [-0.3, -0.25) is 4.79 Å². The average Bonchev–Trinajstić information content (AvgIpc) is 2.46. The molecule has 0 saturated carbocycles. The second-order valence-corrected chi connectivity index (χ2v) is 5.23. The van der Waals surface area contributed by atoms with Crippen LogP contribution < -0.4 is 5.32 Å². The highest BCUT2D eigenvalue weighted by molar-refractivity contribution is 7.98. The topological polar surface area (TPSA) is 92.2 Å². The predicted octanol–water partition coefficient (Wildman–Crippen LogP) is 2.43. The van der Waals surface area contributed by atoms with E-state index in [-0.39, 0.29) is 11.5 Å². The van der Waals surface area contributed by atoms with Crippen LogP contribution in [0, 0.1) is 0 Å². The smallest absolute Gasteiger partial charge is 0.339 e. The van der Waals surface area contributed by atoms with Gasteiger partial charge in [-0.1, -0.05) is 0 Å². The molecule has 0 aliphatic rings. The van der Waals surface area contributed by atoms with Crippen LogP contribution in [0.3, 0.4) is 0 Å². The first kappa shape index (κ1) is 15.0. The van der Waals surface area contributed by atoms with Crippen molar-refractivity contribution in [3.05, 3.63) is 48.0 Å². The zero-order valence-electron chi connectivity index (χ0n) is 11.2. The van der Waals surface area contributed by atoms with E-state index < -0.39 is 5.97 Å². The quantitative estimate of drug-likeness (QED) is 0.824. The third kappa shape index (κ3) is 4.28. The number of carboxylic acid groups (broad SMARTS) is 1. The van der Waals surface area contributed by atoms with E-state index in [4.69, 9.17) is 5.11 Å². The second-order valence-electron chi connectivity index (χ2n) is 4.18. The number of nitrogens with zero attached hydrogens (tertiary/aromatic N) is 2. The van der Waals surface area contributed by atoms with Crippen molar-refractivity contribution in [3.8, 4) is 0 Å². The molecule has 1 aromatic heterocycles. The van der Waals surface area contributed by atoms with Gasteiger partial charge in [-0.2, -0.15) is 0 Å². The van der Waals surface area contributed by atoms with Gasteiger partial charge in [-0.05, 0) is 24.3 Å². The first-order valence-electron chi connectivity index (χ1n) is 6.09. The molecule has 21 heavy (non-hydrogen) atoms. The van der Waals surface area contributed by atoms with Gasteiger partial charge >= 0.3 is 5.97 Å². The molecule has 7 heteroatoms. The van der Waals surface area contributed by atoms with Crippen molar-refractivity contribution in [2.45, 2.75) is 17.6 Å². The lowest BCUT2D eigenvalue weighted by Gasteiger charge is -2.06. The van der Waals surface area contributed by atoms with Crippen LogP contribution in [0.5, 0.6) is 0 Å². The van der Waals surface area contributed by atoms with E-state index in [2.05, 4.69) is 15.3 Å². The number of anilines is 1. The summed E-state index contributed by atoms with van der Waals surface area (Å²) in [7, 11) is 0. The summed E-state index contributed by atoms with van der Waals surface area (Å²) < 4.78 is 0. The highest BCUT2D eigenvalue weighted by atomic mass is 32.2. The first-order valence-corrected chi connectivity index (χ1v) is 7.07. The summed E-state index contributed by atoms with van der Waals surface area (Å²) in [5.74, 6) is -0.724. The number of aromatic carboxylic acids is 1. The molecule has 0 aliphatic carbocycles. The Kier molecular flexibility index (Phi) is 4.89. The van der Waals surface area contributed by atoms with Gasteiger partial charge in [0.1, 0.15) is 11.9 Å². The number of thioether (sulfide) groups is 1. The number of amides is 1. The zero-order chi connectivity index (χ0) is 15.2. The molecule has 2 aromatic rings. The molecule has 0 aliphatic heterocycles. The Hall–Kier alpha value is -2.41. The molecule has 0 radical (unpaired) electrons. The third-order valence-electron chi connectivity index (χ3n) is 2.58. The van der Waals surface area contributed by atoms with Gasteiger partial charge < -0.3 is 10.4 Å². The van der Waals surface area contributed by atoms with Crippen LogP contribution in [0.2, 0.25) is 0 Å². The van der Waals surface area contributed by atoms with Gasteiger partial charge in [-0.15, -0.1) is 11.8 Å². The molecule has 108 valence electrons. The molecule has 1 heterocycles. The van der Waals surface area contributed by atoms with Gasteiger partial charge in [0.15, 0.2) is 0 Å². The van der Waals surface area contributed by atoms with Crippen molar-refractivity contribution < 1.29 is 14.7 Å². The minimum atomic E-state index is -1.03. The second kappa shape index (κ2) is 6.85. The third-order valence-corrected chi connectivity index (χ3v) is 3.60. The summed E-state index contributed by atoms with van der Waals surface area (Å²) in [5.41, 5.74) is 1.31. The Bertz CT molecular complexity index is 659. The van der Waals surface area contributed by atoms with Crippen LogP contribution in [0.1, 0.15) is 23.0 Å². The molecule has 0 bridgehead atoms. The lowest BCUT2D eigenvalue weighted by atomic mass is 10.2. The van der Waals surface area contributed by atoms with Gasteiger partial charge in [0.05, 0.1) is 5.69 Å². The highest BCUT2D eigenvalue weighted by Crippen LogP contribution is 2.24. The van der Waals surface area contributed by atoms with Crippen molar-refractivity contribution in [1.29, 1.82) is 0 Å². The summed E-state index contributed by atoms with van der Waals surface area (Å²) in [6, 6.07) is 7.30. The Morgan fingerprint density at radius 1 is 1.29 bits per heavy atom. The maximum Gasteiger partial charge on any atom is 0.339 e. The summed E-state index contributed by atoms with van der Waals surface area (Å²) in [4.78, 5) is 30.7. The zero-order valence-corrected chi connectivity index (χ0v) is 12.1. The minimum absolute atomic E-state index is 0.111. The number of hydrogen-bond acceptors (Lipinski definition) is 5. The fraction of sp³-hybridized carbons (Fsp3) is 0.143. The highest BCUT2D eigenvalue weighted by Gasteiger charge is 2.11. The molecule has 2 rings (SSSR count). The molecule has 0 spiro atoms. The first-order chi connectivity index (χ1) is 10.1. The fourth-order valence-corrected chi connectivity index (χ4v) is 2.50. The maximum atomic E-state index is 11.1. The monoisotopic (exact) mass is 303 g/mol. The normalized spacial score (nSPS) is 10.1. The molecule has 0 saturated heterocycles. The van der Waals surface area contributed by atoms with Gasteiger partial charge in [-0.25, -0.2) is 14.8 Å². The van der Waals surface area contributed by atoms with Crippen LogP contribution >= 0.6 is 11.8 Å². The van der Waals surface area contributed by atoms with Crippen LogP contribution in [0.15, 0.2) is 41.7 Å². The molecule has 0 atom stereocenters. The molecule has 1 amide bonds. The SMILES string of the molecule is CC(=O)Nc1ccc(SCc2ncncc2C(=O)O)cc1. The van der Waals surface area contributed by atoms with Crippen molar-refractivity contribution >= 4 is 29.3 Å². The molecule has 2 N–H and O–H groups in total. The summed E-state index contributed by atoms with van der Waals surface area (Å²) in [5, 5.41) is 11.7. The van der Waals surface area contributed by atoms with E-state index in [0.717, 1.165) is 10.6 Å². The van der Waals surface area contributed by atoms with E-state index in [9.17, 15) is 9.59 Å². The summed E-state index contributed by atoms with van der Waals surface area (Å²) in [6.45, 7) is 1.45. The number of carbonyl (C=O) groups excluding carboxylic acids is 1. The number of benzene rings is 1. The Morgan fingerprint density at radius 2 is 2.00 bits per heavy atom. The van der Waals surface area contributed by atoms with Gasteiger partial charge in [0, 0.05) is 29.5 Å². The number of rotatable bonds is 5. The molecular formula is C14H13N3O3S. The fourth-order valence-electron chi connectivity index (χ4n) is 1.64. The van der Waals surface area contributed by atoms with Crippen LogP contribution in [0.25, 0.3) is 0 Å². The molecule has 6 nitrogen and oxygen atoms in total. The van der Waals surface area contributed by atoms with Gasteiger partial charge in [0.25, 0.3) is 0 Å². The number of aromatic nitrogens is 2. The van der Waals surface area contributed by atoms with E-state index >= 15 is 0 Å². The van der Waals surface area contributed by atoms with E-state index in [1.165, 1.54) is 31.2 Å². The molecule has 1 aromatic carbocycles. The largest absolute Gasteiger partial charge is 0.478 e. The van der Waals surface area contributed by atoms with Crippen molar-refractivity contribution in [2.24, 2.45) is 0 Å². The number of hydrogen-bond donors (Lipinski definition) is 2. The maximum absolute atomic E-state index is 11.1. The van der Waals surface area contributed by atoms with E-state index in [1.54, 1.807) is 12.1 Å². The van der Waals surface area contributed by atoms with E-state index in [0.29, 0.717) is 11.4 Å². The van der Waals surface area contributed by atoms with Crippen molar-refractivity contribution in [2.75, 3.05) is 5.32 Å². The summed E-state index contributed by atoms with van der Waals surface area (Å²) >= 11 is 1.47. The molecule has 0 unspecified atom stereocenters. The molecular weight excluding hydrogens is 290 g/mol. The minimum Gasteiger partial charge on any atom is -0.478 e. The van der Waals surface area contributed by atoms with Crippen LogP contribution in [-0.2, 0) is 10.5 Å². The number of nitrogens with one attached hydrogen (secondary N) is 1. The van der Waals surface area contributed by atoms with E-state index in [1.807, 2.05) is 12.1 Å². The van der Waals surface area contributed by atoms with Crippen molar-refractivity contribution in [1.82, 2.24) is 9.97 Å². The standard InChI is InChI=1S/C14H13N3O3S/c1-9(18)17-10-2-4-11(5-3-10)21-7-13-12(14(19)20)6-15-8-16-13/h2-6,8H,7H2,1H3,(H,17,18)(H,19,20). The molecule has 0 fully saturated rings. The van der Waals surface area contributed by atoms with Crippen LogP contribution in [0.4, 0.5) is 5.69 Å². The Labute approximate surface area is 125 Å². The summed E-state index contributed by atoms with van der Waals surface area (Å²) in [6.07, 6.45) is 2.63. The lowest BCUT2D eigenvalue weighted by Crippen LogP contribution is -2.05. The predicted molar refractivity (Wildman–Crippen MR) is 79.3 cm³/mol. The van der Waals surface area contributed by atoms with Crippen LogP contribution in [-0.4, -0.2) is 27.0 Å². The van der Waals surface area contributed by atoms with Crippen molar-refractivity contribution in [3.63, 3.8) is 0 Å².